The molecule has 0 bridgehead atoms. The van der Waals surface area contributed by atoms with E-state index in [0.29, 0.717) is 16.3 Å². The average Bonchev–Trinajstić information content (AvgIpc) is 2.55. The molecule has 4 nitrogen and oxygen atoms in total. The van der Waals surface area contributed by atoms with E-state index in [2.05, 4.69) is 11.4 Å². The second-order valence-corrected chi connectivity index (χ2v) is 5.85. The van der Waals surface area contributed by atoms with E-state index in [9.17, 15) is 4.79 Å². The predicted molar refractivity (Wildman–Crippen MR) is 91.0 cm³/mol. The normalized spacial score (nSPS) is 13.0. The van der Waals surface area contributed by atoms with E-state index in [1.165, 1.54) is 0 Å². The Labute approximate surface area is 141 Å². The van der Waals surface area contributed by atoms with Crippen molar-refractivity contribution in [3.63, 3.8) is 0 Å². The van der Waals surface area contributed by atoms with Crippen molar-refractivity contribution in [3.8, 4) is 6.07 Å². The highest BCUT2D eigenvalue weighted by atomic mass is 35.5. The summed E-state index contributed by atoms with van der Waals surface area (Å²) in [5.41, 5.74) is 1.98. The molecule has 23 heavy (non-hydrogen) atoms. The van der Waals surface area contributed by atoms with Gasteiger partial charge in [0.05, 0.1) is 11.3 Å². The van der Waals surface area contributed by atoms with E-state index in [1.54, 1.807) is 24.3 Å². The minimum atomic E-state index is -0.312. The van der Waals surface area contributed by atoms with Crippen LogP contribution in [0.25, 0.3) is 0 Å². The highest BCUT2D eigenvalue weighted by Gasteiger charge is 2.22. The van der Waals surface area contributed by atoms with Crippen LogP contribution >= 0.6 is 11.6 Å². The van der Waals surface area contributed by atoms with Gasteiger partial charge in [-0.2, -0.15) is 5.26 Å². The monoisotopic (exact) mass is 328 g/mol. The molecule has 0 fully saturated rings. The lowest BCUT2D eigenvalue weighted by atomic mass is 10.1. The number of carbonyl (C=O) groups is 1. The van der Waals surface area contributed by atoms with Gasteiger partial charge in [-0.3, -0.25) is 4.79 Å². The Morgan fingerprint density at radius 2 is 1.83 bits per heavy atom. The standard InChI is InChI=1S/C18H18ClN3O/c1-12(15-8-4-5-9-16(15)19)21-13(2)18(23)22-17-10-6-3-7-14(17)11-20/h3-10,12-13,21H,1-2H3,(H,22,23)/p+1/t12-,13+/m0/s1. The van der Waals surface area contributed by atoms with Crippen LogP contribution in [0.4, 0.5) is 5.69 Å². The van der Waals surface area contributed by atoms with Crippen LogP contribution in [0.5, 0.6) is 0 Å². The molecule has 0 aliphatic rings. The maximum atomic E-state index is 12.3. The van der Waals surface area contributed by atoms with E-state index in [0.717, 1.165) is 5.56 Å². The molecule has 0 saturated carbocycles. The summed E-state index contributed by atoms with van der Waals surface area (Å²) in [6, 6.07) is 16.4. The Hall–Kier alpha value is -2.35. The topological polar surface area (TPSA) is 69.5 Å². The van der Waals surface area contributed by atoms with Gasteiger partial charge in [0, 0.05) is 10.6 Å². The Balaban J connectivity index is 2.03. The van der Waals surface area contributed by atoms with Gasteiger partial charge >= 0.3 is 0 Å². The molecule has 0 spiro atoms. The Morgan fingerprint density at radius 3 is 2.52 bits per heavy atom. The van der Waals surface area contributed by atoms with Crippen molar-refractivity contribution in [1.82, 2.24) is 0 Å². The van der Waals surface area contributed by atoms with E-state index < -0.39 is 0 Å². The minimum Gasteiger partial charge on any atom is -0.330 e. The highest BCUT2D eigenvalue weighted by molar-refractivity contribution is 6.31. The third kappa shape index (κ3) is 4.32. The lowest BCUT2D eigenvalue weighted by molar-refractivity contribution is -0.709. The minimum absolute atomic E-state index is 0.0515. The lowest BCUT2D eigenvalue weighted by Gasteiger charge is -2.18. The predicted octanol–water partition coefficient (Wildman–Crippen LogP) is 2.86. The molecule has 2 aromatic carbocycles. The molecule has 0 saturated heterocycles. The van der Waals surface area contributed by atoms with Crippen LogP contribution in [0.15, 0.2) is 48.5 Å². The summed E-state index contributed by atoms with van der Waals surface area (Å²) >= 11 is 6.19. The first kappa shape index (κ1) is 17.0. The quantitative estimate of drug-likeness (QED) is 0.886. The maximum Gasteiger partial charge on any atom is 0.282 e. The summed E-state index contributed by atoms with van der Waals surface area (Å²) in [4.78, 5) is 12.3. The van der Waals surface area contributed by atoms with Crippen molar-refractivity contribution in [2.45, 2.75) is 25.9 Å². The number of hydrogen-bond donors (Lipinski definition) is 2. The number of nitrogens with one attached hydrogen (secondary N) is 1. The van der Waals surface area contributed by atoms with Gasteiger partial charge in [0.15, 0.2) is 6.04 Å². The second-order valence-electron chi connectivity index (χ2n) is 5.44. The molecule has 0 aromatic heterocycles. The number of amides is 1. The largest absolute Gasteiger partial charge is 0.330 e. The van der Waals surface area contributed by atoms with Crippen LogP contribution in [-0.2, 0) is 4.79 Å². The molecule has 3 N–H and O–H groups in total. The number of benzene rings is 2. The van der Waals surface area contributed by atoms with E-state index in [4.69, 9.17) is 16.9 Å². The number of para-hydroxylation sites is 1. The Morgan fingerprint density at radius 1 is 1.17 bits per heavy atom. The number of quaternary nitrogens is 1. The van der Waals surface area contributed by atoms with Crippen molar-refractivity contribution in [2.24, 2.45) is 0 Å². The molecule has 2 rings (SSSR count). The first-order valence-electron chi connectivity index (χ1n) is 7.42. The first-order chi connectivity index (χ1) is 11.0. The molecule has 5 heteroatoms. The zero-order chi connectivity index (χ0) is 16.8. The number of nitrogens with zero attached hydrogens (tertiary/aromatic N) is 1. The van der Waals surface area contributed by atoms with Gasteiger partial charge in [0.1, 0.15) is 12.1 Å². The van der Waals surface area contributed by atoms with Crippen molar-refractivity contribution in [3.05, 3.63) is 64.7 Å². The Bertz CT molecular complexity index is 739. The van der Waals surface area contributed by atoms with Crippen LogP contribution in [0.1, 0.15) is 31.0 Å². The summed E-state index contributed by atoms with van der Waals surface area (Å²) in [5, 5.41) is 14.5. The SMILES string of the molecule is C[C@H]([NH2+][C@H](C)C(=O)Nc1ccccc1C#N)c1ccccc1Cl. The Kier molecular flexibility index (Phi) is 5.75. The van der Waals surface area contributed by atoms with Gasteiger partial charge in [-0.05, 0) is 32.0 Å². The zero-order valence-corrected chi connectivity index (χ0v) is 13.8. The summed E-state index contributed by atoms with van der Waals surface area (Å²) < 4.78 is 0. The van der Waals surface area contributed by atoms with Crippen LogP contribution in [-0.4, -0.2) is 11.9 Å². The molecular weight excluding hydrogens is 310 g/mol. The van der Waals surface area contributed by atoms with Crippen LogP contribution < -0.4 is 10.6 Å². The van der Waals surface area contributed by atoms with Crippen LogP contribution in [0.3, 0.4) is 0 Å². The molecule has 2 aromatic rings. The number of carbonyl (C=O) groups excluding carboxylic acids is 1. The number of nitrogens with two attached hydrogens (primary N) is 1. The van der Waals surface area contributed by atoms with E-state index in [1.807, 2.05) is 43.4 Å². The van der Waals surface area contributed by atoms with E-state index >= 15 is 0 Å². The number of anilines is 1. The molecule has 0 unspecified atom stereocenters. The van der Waals surface area contributed by atoms with Gasteiger partial charge in [0.2, 0.25) is 0 Å². The van der Waals surface area contributed by atoms with Crippen molar-refractivity contribution in [2.75, 3.05) is 5.32 Å². The van der Waals surface area contributed by atoms with Gasteiger partial charge in [-0.1, -0.05) is 41.9 Å². The molecule has 118 valence electrons. The molecule has 0 radical (unpaired) electrons. The van der Waals surface area contributed by atoms with Gasteiger partial charge in [-0.25, -0.2) is 0 Å². The molecule has 2 atom stereocenters. The zero-order valence-electron chi connectivity index (χ0n) is 13.1. The molecule has 0 aliphatic heterocycles. The summed E-state index contributed by atoms with van der Waals surface area (Å²) in [6.45, 7) is 3.84. The second kappa shape index (κ2) is 7.77. The number of hydrogen-bond acceptors (Lipinski definition) is 2. The third-order valence-corrected chi connectivity index (χ3v) is 4.04. The first-order valence-corrected chi connectivity index (χ1v) is 7.80. The summed E-state index contributed by atoms with van der Waals surface area (Å²) in [5.74, 6) is -0.147. The van der Waals surface area contributed by atoms with Crippen LogP contribution in [0.2, 0.25) is 5.02 Å². The van der Waals surface area contributed by atoms with Crippen molar-refractivity contribution in [1.29, 1.82) is 5.26 Å². The smallest absolute Gasteiger partial charge is 0.282 e. The fourth-order valence-electron chi connectivity index (χ4n) is 2.40. The summed E-state index contributed by atoms with van der Waals surface area (Å²) in [6.07, 6.45) is 0. The molecule has 0 heterocycles. The van der Waals surface area contributed by atoms with E-state index in [-0.39, 0.29) is 18.0 Å². The molecular formula is C18H19ClN3O+. The van der Waals surface area contributed by atoms with Gasteiger partial charge in [-0.15, -0.1) is 0 Å². The third-order valence-electron chi connectivity index (χ3n) is 3.69. The van der Waals surface area contributed by atoms with Gasteiger partial charge in [0.25, 0.3) is 5.91 Å². The van der Waals surface area contributed by atoms with Gasteiger partial charge < -0.3 is 10.6 Å². The fourth-order valence-corrected chi connectivity index (χ4v) is 2.71. The van der Waals surface area contributed by atoms with Crippen molar-refractivity contribution >= 4 is 23.2 Å². The average molecular weight is 329 g/mol. The summed E-state index contributed by atoms with van der Waals surface area (Å²) in [7, 11) is 0. The number of halogens is 1. The highest BCUT2D eigenvalue weighted by Crippen LogP contribution is 2.20. The molecule has 0 aliphatic carbocycles. The maximum absolute atomic E-state index is 12.3. The lowest BCUT2D eigenvalue weighted by Crippen LogP contribution is -2.91. The fraction of sp³-hybridized carbons (Fsp3) is 0.222. The van der Waals surface area contributed by atoms with Crippen LogP contribution in [0, 0.1) is 11.3 Å². The molecule has 1 amide bonds. The van der Waals surface area contributed by atoms with Crippen molar-refractivity contribution < 1.29 is 10.1 Å². The number of rotatable bonds is 5. The number of nitriles is 1.